The van der Waals surface area contributed by atoms with Crippen molar-refractivity contribution in [2.24, 2.45) is 0 Å². The smallest absolute Gasteiger partial charge is 0.244 e. The van der Waals surface area contributed by atoms with E-state index in [2.05, 4.69) is 5.32 Å². The largest absolute Gasteiger partial charge is 0.497 e. The summed E-state index contributed by atoms with van der Waals surface area (Å²) in [4.78, 5) is 14.3. The molecule has 28 heavy (non-hydrogen) atoms. The summed E-state index contributed by atoms with van der Waals surface area (Å²) in [7, 11) is -2.07. The van der Waals surface area contributed by atoms with Crippen molar-refractivity contribution >= 4 is 33.2 Å². The normalized spacial score (nSPS) is 15.9. The highest BCUT2D eigenvalue weighted by atomic mass is 35.5. The summed E-state index contributed by atoms with van der Waals surface area (Å²) in [5, 5.41) is 3.04. The van der Waals surface area contributed by atoms with Crippen LogP contribution in [0.4, 0.5) is 5.69 Å². The van der Waals surface area contributed by atoms with Gasteiger partial charge in [-0.2, -0.15) is 4.31 Å². The van der Waals surface area contributed by atoms with Gasteiger partial charge in [0.05, 0.1) is 18.7 Å². The summed E-state index contributed by atoms with van der Waals surface area (Å²) in [5.74, 6) is 0.506. The molecule has 0 spiro atoms. The third-order valence-electron chi connectivity index (χ3n) is 4.51. The number of benzene rings is 2. The molecule has 0 bridgehead atoms. The Morgan fingerprint density at radius 3 is 2.50 bits per heavy atom. The third-order valence-corrected chi connectivity index (χ3v) is 6.90. The van der Waals surface area contributed by atoms with E-state index >= 15 is 0 Å². The van der Waals surface area contributed by atoms with Crippen LogP contribution in [0.25, 0.3) is 0 Å². The molecule has 1 heterocycles. The van der Waals surface area contributed by atoms with Crippen molar-refractivity contribution in [2.75, 3.05) is 45.2 Å². The first-order valence-electron chi connectivity index (χ1n) is 8.81. The zero-order valence-corrected chi connectivity index (χ0v) is 17.0. The second kappa shape index (κ2) is 8.91. The molecule has 0 aliphatic carbocycles. The minimum atomic E-state index is -3.64. The molecule has 1 aliphatic rings. The lowest BCUT2D eigenvalue weighted by Crippen LogP contribution is -2.50. The lowest BCUT2D eigenvalue weighted by Gasteiger charge is -2.33. The standard InChI is InChI=1S/C19H22ClN3O4S/c1-27-16-6-4-5-15(13-16)21-19(24)14-22-9-11-23(12-10-22)28(25,26)18-8-3-2-7-17(18)20/h2-8,13H,9-12,14H2,1H3,(H,21,24). The molecule has 0 unspecified atom stereocenters. The number of carbonyl (C=O) groups is 1. The Kier molecular flexibility index (Phi) is 6.56. The molecule has 0 aromatic heterocycles. The number of nitrogens with one attached hydrogen (secondary N) is 1. The van der Waals surface area contributed by atoms with Crippen molar-refractivity contribution in [2.45, 2.75) is 4.90 Å². The van der Waals surface area contributed by atoms with Gasteiger partial charge >= 0.3 is 0 Å². The lowest BCUT2D eigenvalue weighted by atomic mass is 10.3. The van der Waals surface area contributed by atoms with Crippen LogP contribution >= 0.6 is 11.6 Å². The maximum atomic E-state index is 12.8. The minimum Gasteiger partial charge on any atom is -0.497 e. The van der Waals surface area contributed by atoms with Crippen LogP contribution in [-0.2, 0) is 14.8 Å². The van der Waals surface area contributed by atoms with Crippen LogP contribution in [0.15, 0.2) is 53.4 Å². The van der Waals surface area contributed by atoms with Crippen LogP contribution in [0.1, 0.15) is 0 Å². The van der Waals surface area contributed by atoms with Crippen LogP contribution in [0, 0.1) is 0 Å². The fourth-order valence-electron chi connectivity index (χ4n) is 3.03. The molecule has 0 saturated carbocycles. The van der Waals surface area contributed by atoms with E-state index in [4.69, 9.17) is 16.3 Å². The number of methoxy groups -OCH3 is 1. The molecule has 150 valence electrons. The summed E-state index contributed by atoms with van der Waals surface area (Å²) in [5.41, 5.74) is 0.657. The van der Waals surface area contributed by atoms with Gasteiger partial charge in [-0.05, 0) is 24.3 Å². The molecule has 1 amide bonds. The maximum Gasteiger partial charge on any atom is 0.244 e. The van der Waals surface area contributed by atoms with Gasteiger partial charge < -0.3 is 10.1 Å². The molecule has 9 heteroatoms. The highest BCUT2D eigenvalue weighted by Gasteiger charge is 2.30. The van der Waals surface area contributed by atoms with Crippen molar-refractivity contribution in [1.82, 2.24) is 9.21 Å². The zero-order valence-electron chi connectivity index (χ0n) is 15.5. The predicted octanol–water partition coefficient (Wildman–Crippen LogP) is 2.29. The number of hydrogen-bond acceptors (Lipinski definition) is 5. The third kappa shape index (κ3) is 4.82. The fraction of sp³-hybridized carbons (Fsp3) is 0.316. The summed E-state index contributed by atoms with van der Waals surface area (Å²) in [6, 6.07) is 13.5. The summed E-state index contributed by atoms with van der Waals surface area (Å²) < 4.78 is 32.1. The van der Waals surface area contributed by atoms with Gasteiger partial charge in [-0.3, -0.25) is 9.69 Å². The summed E-state index contributed by atoms with van der Waals surface area (Å²) >= 11 is 6.05. The number of halogens is 1. The van der Waals surface area contributed by atoms with Crippen molar-refractivity contribution in [3.8, 4) is 5.75 Å². The number of ether oxygens (including phenoxy) is 1. The van der Waals surface area contributed by atoms with Gasteiger partial charge in [0.1, 0.15) is 10.6 Å². The molecule has 2 aromatic rings. The Labute approximate surface area is 169 Å². The highest BCUT2D eigenvalue weighted by molar-refractivity contribution is 7.89. The molecule has 3 rings (SSSR count). The summed E-state index contributed by atoms with van der Waals surface area (Å²) in [6.45, 7) is 1.74. The molecule has 2 aromatic carbocycles. The number of amides is 1. The first-order chi connectivity index (χ1) is 13.4. The van der Waals surface area contributed by atoms with Gasteiger partial charge in [0.15, 0.2) is 0 Å². The van der Waals surface area contributed by atoms with Crippen LogP contribution < -0.4 is 10.1 Å². The van der Waals surface area contributed by atoms with E-state index in [0.717, 1.165) is 0 Å². The Bertz CT molecular complexity index is 944. The van der Waals surface area contributed by atoms with E-state index < -0.39 is 10.0 Å². The van der Waals surface area contributed by atoms with Crippen molar-refractivity contribution in [1.29, 1.82) is 0 Å². The van der Waals surface area contributed by atoms with Gasteiger partial charge in [0.25, 0.3) is 0 Å². The molecule has 0 radical (unpaired) electrons. The van der Waals surface area contributed by atoms with Crippen molar-refractivity contribution in [3.05, 3.63) is 53.6 Å². The first kappa shape index (κ1) is 20.6. The Morgan fingerprint density at radius 2 is 1.82 bits per heavy atom. The Morgan fingerprint density at radius 1 is 1.11 bits per heavy atom. The van der Waals surface area contributed by atoms with E-state index in [1.54, 1.807) is 49.6 Å². The molecule has 1 N–H and O–H groups in total. The van der Waals surface area contributed by atoms with E-state index in [9.17, 15) is 13.2 Å². The number of anilines is 1. The van der Waals surface area contributed by atoms with E-state index in [1.165, 1.54) is 10.4 Å². The number of rotatable bonds is 6. The topological polar surface area (TPSA) is 79.0 Å². The van der Waals surface area contributed by atoms with Gasteiger partial charge in [-0.25, -0.2) is 8.42 Å². The quantitative estimate of drug-likeness (QED) is 0.771. The number of carbonyl (C=O) groups excluding carboxylic acids is 1. The van der Waals surface area contributed by atoms with Crippen LogP contribution in [0.2, 0.25) is 5.02 Å². The van der Waals surface area contributed by atoms with E-state index in [-0.39, 0.29) is 22.4 Å². The number of piperazine rings is 1. The highest BCUT2D eigenvalue weighted by Crippen LogP contribution is 2.25. The average molecular weight is 424 g/mol. The van der Waals surface area contributed by atoms with Crippen molar-refractivity contribution in [3.63, 3.8) is 0 Å². The van der Waals surface area contributed by atoms with Crippen molar-refractivity contribution < 1.29 is 17.9 Å². The fourth-order valence-corrected chi connectivity index (χ4v) is 4.94. The average Bonchev–Trinajstić information content (AvgIpc) is 2.68. The number of hydrogen-bond donors (Lipinski definition) is 1. The maximum absolute atomic E-state index is 12.8. The van der Waals surface area contributed by atoms with Crippen LogP contribution in [0.3, 0.4) is 0 Å². The number of sulfonamides is 1. The molecule has 1 saturated heterocycles. The van der Waals surface area contributed by atoms with Crippen LogP contribution in [-0.4, -0.2) is 63.4 Å². The Balaban J connectivity index is 1.55. The van der Waals surface area contributed by atoms with Crippen LogP contribution in [0.5, 0.6) is 5.75 Å². The second-order valence-electron chi connectivity index (χ2n) is 6.39. The molecular weight excluding hydrogens is 402 g/mol. The molecular formula is C19H22ClN3O4S. The Hall–Kier alpha value is -2.13. The molecule has 7 nitrogen and oxygen atoms in total. The summed E-state index contributed by atoms with van der Waals surface area (Å²) in [6.07, 6.45) is 0. The van der Waals surface area contributed by atoms with Gasteiger partial charge in [0.2, 0.25) is 15.9 Å². The lowest BCUT2D eigenvalue weighted by molar-refractivity contribution is -0.117. The number of nitrogens with zero attached hydrogens (tertiary/aromatic N) is 2. The molecule has 1 fully saturated rings. The van der Waals surface area contributed by atoms with Gasteiger partial charge in [-0.1, -0.05) is 29.8 Å². The van der Waals surface area contributed by atoms with Gasteiger partial charge in [-0.15, -0.1) is 0 Å². The van der Waals surface area contributed by atoms with Gasteiger partial charge in [0, 0.05) is 37.9 Å². The molecule has 1 aliphatic heterocycles. The SMILES string of the molecule is COc1cccc(NC(=O)CN2CCN(S(=O)(=O)c3ccccc3Cl)CC2)c1. The monoisotopic (exact) mass is 423 g/mol. The second-order valence-corrected chi connectivity index (χ2v) is 8.70. The zero-order chi connectivity index (χ0) is 20.1. The molecule has 0 atom stereocenters. The first-order valence-corrected chi connectivity index (χ1v) is 10.6. The van der Waals surface area contributed by atoms with E-state index in [0.29, 0.717) is 37.6 Å². The van der Waals surface area contributed by atoms with E-state index in [1.807, 2.05) is 4.90 Å². The predicted molar refractivity (Wildman–Crippen MR) is 108 cm³/mol. The minimum absolute atomic E-state index is 0.112.